The minimum atomic E-state index is -1.08. The number of benzene rings is 1. The highest BCUT2D eigenvalue weighted by atomic mass is 16.5. The van der Waals surface area contributed by atoms with Crippen LogP contribution in [0.3, 0.4) is 0 Å². The molecular weight excluding hydrogens is 334 g/mol. The smallest absolute Gasteiger partial charge is 0.326 e. The first-order valence-electron chi connectivity index (χ1n) is 9.10. The molecule has 2 fully saturated rings. The van der Waals surface area contributed by atoms with Gasteiger partial charge in [-0.05, 0) is 62.3 Å². The van der Waals surface area contributed by atoms with E-state index in [0.29, 0.717) is 6.42 Å². The molecule has 2 aliphatic carbocycles. The average Bonchev–Trinajstić information content (AvgIpc) is 3.41. The average molecular weight is 357 g/mol. The van der Waals surface area contributed by atoms with E-state index in [9.17, 15) is 14.4 Å². The topological polar surface area (TPSA) is 87.7 Å². The molecule has 1 aromatic carbocycles. The molecule has 1 aromatic rings. The monoisotopic (exact) mass is 357 g/mol. The molecule has 4 amide bonds. The van der Waals surface area contributed by atoms with Gasteiger partial charge < -0.3 is 15.4 Å². The fourth-order valence-electron chi connectivity index (χ4n) is 3.96. The van der Waals surface area contributed by atoms with Crippen molar-refractivity contribution in [3.63, 3.8) is 0 Å². The lowest BCUT2D eigenvalue weighted by Gasteiger charge is -2.34. The normalized spacial score (nSPS) is 25.7. The van der Waals surface area contributed by atoms with E-state index in [1.807, 2.05) is 12.1 Å². The highest BCUT2D eigenvalue weighted by Crippen LogP contribution is 2.41. The number of hydrogen-bond donors (Lipinski definition) is 2. The molecule has 1 spiro atoms. The Morgan fingerprint density at radius 2 is 2.15 bits per heavy atom. The Labute approximate surface area is 152 Å². The van der Waals surface area contributed by atoms with Crippen LogP contribution in [0.1, 0.15) is 43.7 Å². The van der Waals surface area contributed by atoms with Gasteiger partial charge in [0.15, 0.2) is 0 Å². The van der Waals surface area contributed by atoms with Gasteiger partial charge in [-0.2, -0.15) is 0 Å². The molecule has 2 N–H and O–H groups in total. The van der Waals surface area contributed by atoms with Crippen LogP contribution in [-0.4, -0.2) is 41.9 Å². The second kappa shape index (κ2) is 6.00. The molecule has 4 rings (SSSR count). The molecule has 1 saturated heterocycles. The van der Waals surface area contributed by atoms with Gasteiger partial charge in [0.25, 0.3) is 5.91 Å². The molecule has 0 radical (unpaired) electrons. The van der Waals surface area contributed by atoms with E-state index in [1.54, 1.807) is 20.1 Å². The molecule has 26 heavy (non-hydrogen) atoms. The highest BCUT2D eigenvalue weighted by Gasteiger charge is 2.56. The summed E-state index contributed by atoms with van der Waals surface area (Å²) in [6.07, 6.45) is 4.05. The summed E-state index contributed by atoms with van der Waals surface area (Å²) in [5.74, 6) is 0.109. The Hall–Kier alpha value is -2.57. The third kappa shape index (κ3) is 2.53. The maximum atomic E-state index is 13.3. The van der Waals surface area contributed by atoms with Gasteiger partial charge in [-0.25, -0.2) is 9.69 Å². The Morgan fingerprint density at radius 3 is 2.85 bits per heavy atom. The molecule has 1 heterocycles. The fourth-order valence-corrected chi connectivity index (χ4v) is 3.96. The lowest BCUT2D eigenvalue weighted by atomic mass is 9.76. The van der Waals surface area contributed by atoms with Crippen LogP contribution in [0, 0.1) is 0 Å². The van der Waals surface area contributed by atoms with E-state index < -0.39 is 17.6 Å². The van der Waals surface area contributed by atoms with Crippen molar-refractivity contribution in [3.05, 3.63) is 29.3 Å². The Morgan fingerprint density at radius 1 is 1.38 bits per heavy atom. The summed E-state index contributed by atoms with van der Waals surface area (Å²) in [7, 11) is 1.60. The Kier molecular flexibility index (Phi) is 3.89. The van der Waals surface area contributed by atoms with Gasteiger partial charge in [0.1, 0.15) is 17.3 Å². The molecule has 1 aliphatic heterocycles. The summed E-state index contributed by atoms with van der Waals surface area (Å²) in [4.78, 5) is 39.4. The number of nitrogens with zero attached hydrogens (tertiary/aromatic N) is 1. The van der Waals surface area contributed by atoms with E-state index in [2.05, 4.69) is 10.6 Å². The predicted octanol–water partition coefficient (Wildman–Crippen LogP) is 1.45. The number of ether oxygens (including phenoxy) is 1. The summed E-state index contributed by atoms with van der Waals surface area (Å²) in [5.41, 5.74) is 0.729. The van der Waals surface area contributed by atoms with Crippen molar-refractivity contribution < 1.29 is 19.1 Å². The van der Waals surface area contributed by atoms with Gasteiger partial charge >= 0.3 is 6.03 Å². The van der Waals surface area contributed by atoms with Crippen LogP contribution in [0.25, 0.3) is 0 Å². The molecule has 2 atom stereocenters. The van der Waals surface area contributed by atoms with Crippen molar-refractivity contribution in [2.45, 2.75) is 56.7 Å². The van der Waals surface area contributed by atoms with E-state index in [4.69, 9.17) is 4.74 Å². The summed E-state index contributed by atoms with van der Waals surface area (Å²) in [6, 6.07) is 4.42. The molecular formula is C19H23N3O4. The van der Waals surface area contributed by atoms with E-state index in [1.165, 1.54) is 0 Å². The second-order valence-electron chi connectivity index (χ2n) is 7.35. The molecule has 3 aliphatic rings. The van der Waals surface area contributed by atoms with E-state index >= 15 is 0 Å². The number of urea groups is 1. The fraction of sp³-hybridized carbons (Fsp3) is 0.526. The van der Waals surface area contributed by atoms with Gasteiger partial charge in [0, 0.05) is 6.04 Å². The van der Waals surface area contributed by atoms with Crippen molar-refractivity contribution in [1.82, 2.24) is 15.5 Å². The molecule has 0 aromatic heterocycles. The SMILES string of the molecule is COc1ccc2c(c1)CCC[C@@]21NC(=O)N([C@@H](C)C(=O)NC2CC2)C1=O. The zero-order chi connectivity index (χ0) is 18.5. The van der Waals surface area contributed by atoms with Gasteiger partial charge in [-0.1, -0.05) is 6.07 Å². The lowest BCUT2D eigenvalue weighted by molar-refractivity contribution is -0.138. The van der Waals surface area contributed by atoms with Crippen molar-refractivity contribution in [1.29, 1.82) is 0 Å². The van der Waals surface area contributed by atoms with Crippen LogP contribution in [0.2, 0.25) is 0 Å². The number of carbonyl (C=O) groups is 3. The van der Waals surface area contributed by atoms with E-state index in [-0.39, 0.29) is 17.9 Å². The third-order valence-electron chi connectivity index (χ3n) is 5.58. The number of hydrogen-bond acceptors (Lipinski definition) is 4. The lowest BCUT2D eigenvalue weighted by Crippen LogP contribution is -2.50. The predicted molar refractivity (Wildman–Crippen MR) is 93.6 cm³/mol. The van der Waals surface area contributed by atoms with Crippen molar-refractivity contribution in [2.24, 2.45) is 0 Å². The molecule has 7 nitrogen and oxygen atoms in total. The standard InChI is InChI=1S/C19H23N3O4/c1-11(16(23)20-13-5-6-13)22-17(24)19(21-18(22)25)9-3-4-12-10-14(26-2)7-8-15(12)19/h7-8,10-11,13H,3-6,9H2,1-2H3,(H,20,23)(H,21,25)/t11-,19+/m0/s1. The van der Waals surface area contributed by atoms with Crippen LogP contribution < -0.4 is 15.4 Å². The van der Waals surface area contributed by atoms with Crippen molar-refractivity contribution in [2.75, 3.05) is 7.11 Å². The number of rotatable bonds is 4. The van der Waals surface area contributed by atoms with Crippen LogP contribution >= 0.6 is 0 Å². The molecule has 0 bridgehead atoms. The minimum Gasteiger partial charge on any atom is -0.497 e. The number of aryl methyl sites for hydroxylation is 1. The number of imide groups is 1. The zero-order valence-electron chi connectivity index (χ0n) is 15.0. The Balaban J connectivity index is 1.66. The molecule has 0 unspecified atom stereocenters. The maximum absolute atomic E-state index is 13.3. The van der Waals surface area contributed by atoms with Crippen LogP contribution in [0.4, 0.5) is 4.79 Å². The minimum absolute atomic E-state index is 0.183. The van der Waals surface area contributed by atoms with Crippen LogP contribution in [0.5, 0.6) is 5.75 Å². The van der Waals surface area contributed by atoms with Gasteiger partial charge in [0.05, 0.1) is 7.11 Å². The summed E-state index contributed by atoms with van der Waals surface area (Å²) in [5, 5.41) is 5.75. The van der Waals surface area contributed by atoms with Crippen molar-refractivity contribution in [3.8, 4) is 5.75 Å². The maximum Gasteiger partial charge on any atom is 0.326 e. The first-order valence-corrected chi connectivity index (χ1v) is 9.10. The van der Waals surface area contributed by atoms with Crippen LogP contribution in [-0.2, 0) is 21.5 Å². The Bertz CT molecular complexity index is 789. The molecule has 7 heteroatoms. The first kappa shape index (κ1) is 16.9. The molecule has 1 saturated carbocycles. The summed E-state index contributed by atoms with van der Waals surface area (Å²) < 4.78 is 5.28. The highest BCUT2D eigenvalue weighted by molar-refractivity contribution is 6.10. The van der Waals surface area contributed by atoms with E-state index in [0.717, 1.165) is 47.5 Å². The summed E-state index contributed by atoms with van der Waals surface area (Å²) in [6.45, 7) is 1.60. The third-order valence-corrected chi connectivity index (χ3v) is 5.58. The number of methoxy groups -OCH3 is 1. The van der Waals surface area contributed by atoms with Gasteiger partial charge in [-0.3, -0.25) is 9.59 Å². The number of nitrogens with one attached hydrogen (secondary N) is 2. The van der Waals surface area contributed by atoms with Gasteiger partial charge in [-0.15, -0.1) is 0 Å². The quantitative estimate of drug-likeness (QED) is 0.799. The van der Waals surface area contributed by atoms with Crippen LogP contribution in [0.15, 0.2) is 18.2 Å². The number of amides is 4. The first-order chi connectivity index (χ1) is 12.5. The second-order valence-corrected chi connectivity index (χ2v) is 7.35. The summed E-state index contributed by atoms with van der Waals surface area (Å²) >= 11 is 0. The number of carbonyl (C=O) groups excluding carboxylic acids is 3. The molecule has 138 valence electrons. The van der Waals surface area contributed by atoms with Gasteiger partial charge in [0.2, 0.25) is 5.91 Å². The number of fused-ring (bicyclic) bond motifs is 2. The van der Waals surface area contributed by atoms with Crippen molar-refractivity contribution >= 4 is 17.8 Å². The zero-order valence-corrected chi connectivity index (χ0v) is 15.0. The largest absolute Gasteiger partial charge is 0.497 e.